The zero-order valence-corrected chi connectivity index (χ0v) is 13.2. The maximum atomic E-state index is 13.9. The first kappa shape index (κ1) is 13.4. The number of anilines is 1. The Balaban J connectivity index is 1.88. The fourth-order valence-electron chi connectivity index (χ4n) is 2.47. The van der Waals surface area contributed by atoms with Crippen molar-refractivity contribution >= 4 is 44.6 Å². The van der Waals surface area contributed by atoms with Gasteiger partial charge in [-0.25, -0.2) is 4.39 Å². The molecule has 0 fully saturated rings. The Bertz CT molecular complexity index is 613. The van der Waals surface area contributed by atoms with Gasteiger partial charge in [0, 0.05) is 9.35 Å². The number of benzene rings is 1. The van der Waals surface area contributed by atoms with E-state index in [-0.39, 0.29) is 11.9 Å². The van der Waals surface area contributed by atoms with Crippen LogP contribution in [-0.4, -0.2) is 0 Å². The third kappa shape index (κ3) is 2.81. The number of thiophene rings is 1. The maximum absolute atomic E-state index is 13.9. The molecule has 1 N–H and O–H groups in total. The summed E-state index contributed by atoms with van der Waals surface area (Å²) in [5.74, 6) is -0.233. The number of fused-ring (bicyclic) bond motifs is 1. The molecule has 3 rings (SSSR count). The smallest absolute Gasteiger partial charge is 0.147 e. The highest BCUT2D eigenvalue weighted by Crippen LogP contribution is 2.39. The quantitative estimate of drug-likeness (QED) is 0.714. The number of aryl methyl sites for hydroxylation is 1. The molecule has 0 spiro atoms. The van der Waals surface area contributed by atoms with Crippen LogP contribution in [0.15, 0.2) is 28.7 Å². The molecule has 0 saturated heterocycles. The SMILES string of the molecule is Fc1cc(Br)ccc1NC1CCCc2sc(Cl)cc21. The van der Waals surface area contributed by atoms with Crippen LogP contribution in [0, 0.1) is 5.82 Å². The summed E-state index contributed by atoms with van der Waals surface area (Å²) in [4.78, 5) is 1.33. The van der Waals surface area contributed by atoms with Crippen LogP contribution in [0.25, 0.3) is 0 Å². The van der Waals surface area contributed by atoms with Gasteiger partial charge in [0.1, 0.15) is 5.82 Å². The molecule has 0 bridgehead atoms. The minimum Gasteiger partial charge on any atom is -0.376 e. The van der Waals surface area contributed by atoms with Gasteiger partial charge in [0.2, 0.25) is 0 Å². The minimum atomic E-state index is -0.233. The first-order valence-corrected chi connectivity index (χ1v) is 8.12. The molecule has 0 saturated carbocycles. The lowest BCUT2D eigenvalue weighted by atomic mass is 9.94. The largest absolute Gasteiger partial charge is 0.376 e. The van der Waals surface area contributed by atoms with Crippen LogP contribution in [0.5, 0.6) is 0 Å². The summed E-state index contributed by atoms with van der Waals surface area (Å²) in [6, 6.07) is 7.25. The van der Waals surface area contributed by atoms with E-state index >= 15 is 0 Å². The average Bonchev–Trinajstić information content (AvgIpc) is 2.74. The number of hydrogen-bond acceptors (Lipinski definition) is 2. The minimum absolute atomic E-state index is 0.156. The van der Waals surface area contributed by atoms with Crippen molar-refractivity contribution in [1.29, 1.82) is 0 Å². The molecule has 19 heavy (non-hydrogen) atoms. The van der Waals surface area contributed by atoms with E-state index in [1.54, 1.807) is 17.4 Å². The predicted octanol–water partition coefficient (Wildman–Crippen LogP) is 5.79. The van der Waals surface area contributed by atoms with Crippen LogP contribution in [0.3, 0.4) is 0 Å². The zero-order chi connectivity index (χ0) is 13.4. The van der Waals surface area contributed by atoms with Gasteiger partial charge in [-0.15, -0.1) is 11.3 Å². The molecule has 0 aliphatic heterocycles. The average molecular weight is 361 g/mol. The molecule has 0 radical (unpaired) electrons. The Morgan fingerprint density at radius 1 is 1.37 bits per heavy atom. The van der Waals surface area contributed by atoms with Gasteiger partial charge >= 0.3 is 0 Å². The summed E-state index contributed by atoms with van der Waals surface area (Å²) in [5, 5.41) is 3.30. The number of nitrogens with one attached hydrogen (secondary N) is 1. The fraction of sp³-hybridized carbons (Fsp3) is 0.286. The van der Waals surface area contributed by atoms with Crippen molar-refractivity contribution < 1.29 is 4.39 Å². The Morgan fingerprint density at radius 2 is 2.21 bits per heavy atom. The second kappa shape index (κ2) is 5.43. The molecule has 2 aromatic rings. The summed E-state index contributed by atoms with van der Waals surface area (Å²) < 4.78 is 15.4. The van der Waals surface area contributed by atoms with Crippen molar-refractivity contribution in [3.05, 3.63) is 49.3 Å². The standard InChI is InChI=1S/C14H12BrClFNS/c15-8-4-5-12(10(17)6-8)18-11-2-1-3-13-9(11)7-14(16)19-13/h4-7,11,18H,1-3H2. The molecule has 1 aromatic carbocycles. The normalized spacial score (nSPS) is 18.2. The van der Waals surface area contributed by atoms with Gasteiger partial charge in [0.05, 0.1) is 16.1 Å². The van der Waals surface area contributed by atoms with Crippen molar-refractivity contribution in [2.45, 2.75) is 25.3 Å². The Hall–Kier alpha value is -0.580. The molecule has 100 valence electrons. The van der Waals surface area contributed by atoms with Gasteiger partial charge in [-0.3, -0.25) is 0 Å². The van der Waals surface area contributed by atoms with Crippen LogP contribution < -0.4 is 5.32 Å². The lowest BCUT2D eigenvalue weighted by Gasteiger charge is -2.24. The van der Waals surface area contributed by atoms with E-state index in [2.05, 4.69) is 21.2 Å². The third-order valence-electron chi connectivity index (χ3n) is 3.34. The van der Waals surface area contributed by atoms with Crippen LogP contribution in [-0.2, 0) is 6.42 Å². The first-order chi connectivity index (χ1) is 9.13. The van der Waals surface area contributed by atoms with Crippen LogP contribution in [0.2, 0.25) is 4.34 Å². The Kier molecular flexibility index (Phi) is 3.83. The molecular formula is C14H12BrClFNS. The predicted molar refractivity (Wildman–Crippen MR) is 82.7 cm³/mol. The lowest BCUT2D eigenvalue weighted by molar-refractivity contribution is 0.592. The molecule has 1 unspecified atom stereocenters. The summed E-state index contributed by atoms with van der Waals surface area (Å²) in [6.07, 6.45) is 3.20. The molecule has 1 heterocycles. The Labute approximate surface area is 128 Å². The highest BCUT2D eigenvalue weighted by molar-refractivity contribution is 9.10. The van der Waals surface area contributed by atoms with Gasteiger partial charge in [-0.05, 0) is 49.1 Å². The van der Waals surface area contributed by atoms with Gasteiger partial charge < -0.3 is 5.32 Å². The van der Waals surface area contributed by atoms with Gasteiger partial charge in [0.25, 0.3) is 0 Å². The molecular weight excluding hydrogens is 349 g/mol. The van der Waals surface area contributed by atoms with Crippen molar-refractivity contribution in [2.75, 3.05) is 5.32 Å². The van der Waals surface area contributed by atoms with Gasteiger partial charge in [-0.2, -0.15) is 0 Å². The molecule has 1 aromatic heterocycles. The highest BCUT2D eigenvalue weighted by Gasteiger charge is 2.23. The monoisotopic (exact) mass is 359 g/mol. The van der Waals surface area contributed by atoms with Crippen LogP contribution >= 0.6 is 38.9 Å². The van der Waals surface area contributed by atoms with E-state index in [1.807, 2.05) is 12.1 Å². The number of rotatable bonds is 2. The molecule has 5 heteroatoms. The van der Waals surface area contributed by atoms with E-state index in [4.69, 9.17) is 11.6 Å². The molecule has 1 aliphatic rings. The Morgan fingerprint density at radius 3 is 3.00 bits per heavy atom. The van der Waals surface area contributed by atoms with Gasteiger partial charge in [-0.1, -0.05) is 27.5 Å². The summed E-state index contributed by atoms with van der Waals surface area (Å²) in [7, 11) is 0. The summed E-state index contributed by atoms with van der Waals surface area (Å²) >= 11 is 11.0. The maximum Gasteiger partial charge on any atom is 0.147 e. The molecule has 1 nitrogen and oxygen atoms in total. The first-order valence-electron chi connectivity index (χ1n) is 6.13. The second-order valence-electron chi connectivity index (χ2n) is 4.64. The third-order valence-corrected chi connectivity index (χ3v) is 5.18. The topological polar surface area (TPSA) is 12.0 Å². The van der Waals surface area contributed by atoms with Crippen molar-refractivity contribution in [2.24, 2.45) is 0 Å². The van der Waals surface area contributed by atoms with E-state index in [1.165, 1.54) is 16.5 Å². The second-order valence-corrected chi connectivity index (χ2v) is 7.33. The van der Waals surface area contributed by atoms with E-state index in [0.29, 0.717) is 5.69 Å². The number of hydrogen-bond donors (Lipinski definition) is 1. The molecule has 1 aliphatic carbocycles. The van der Waals surface area contributed by atoms with E-state index in [0.717, 1.165) is 28.1 Å². The van der Waals surface area contributed by atoms with Crippen LogP contribution in [0.4, 0.5) is 10.1 Å². The van der Waals surface area contributed by atoms with E-state index < -0.39 is 0 Å². The molecule has 1 atom stereocenters. The zero-order valence-electron chi connectivity index (χ0n) is 10.1. The van der Waals surface area contributed by atoms with E-state index in [9.17, 15) is 4.39 Å². The number of halogens is 3. The fourth-order valence-corrected chi connectivity index (χ4v) is 4.18. The van der Waals surface area contributed by atoms with Crippen molar-refractivity contribution in [3.8, 4) is 0 Å². The lowest BCUT2D eigenvalue weighted by Crippen LogP contribution is -2.16. The summed E-state index contributed by atoms with van der Waals surface area (Å²) in [6.45, 7) is 0. The van der Waals surface area contributed by atoms with Crippen molar-refractivity contribution in [1.82, 2.24) is 0 Å². The van der Waals surface area contributed by atoms with Crippen LogP contribution in [0.1, 0.15) is 29.3 Å². The highest BCUT2D eigenvalue weighted by atomic mass is 79.9. The molecule has 0 amide bonds. The van der Waals surface area contributed by atoms with Crippen molar-refractivity contribution in [3.63, 3.8) is 0 Å². The summed E-state index contributed by atoms with van der Waals surface area (Å²) in [5.41, 5.74) is 1.77. The van der Waals surface area contributed by atoms with Gasteiger partial charge in [0.15, 0.2) is 0 Å².